The van der Waals surface area contributed by atoms with Crippen molar-refractivity contribution in [3.63, 3.8) is 0 Å². The van der Waals surface area contributed by atoms with Crippen LogP contribution in [0.1, 0.15) is 30.0 Å². The highest BCUT2D eigenvalue weighted by Crippen LogP contribution is 2.45. The zero-order valence-electron chi connectivity index (χ0n) is 13.5. The minimum atomic E-state index is 0.399. The smallest absolute Gasteiger partial charge is 0.232 e. The SMILES string of the molecule is CCCOc1ncc2c(c1C#N)-c1cc(OC)c(OC)cc1C2. The first-order chi connectivity index (χ1) is 11.2. The van der Waals surface area contributed by atoms with E-state index in [1.54, 1.807) is 20.4 Å². The Morgan fingerprint density at radius 3 is 2.57 bits per heavy atom. The summed E-state index contributed by atoms with van der Waals surface area (Å²) in [6.07, 6.45) is 3.38. The van der Waals surface area contributed by atoms with E-state index >= 15 is 0 Å². The molecule has 5 nitrogen and oxygen atoms in total. The van der Waals surface area contributed by atoms with E-state index in [-0.39, 0.29) is 0 Å². The van der Waals surface area contributed by atoms with Gasteiger partial charge in [0.1, 0.15) is 11.6 Å². The first kappa shape index (κ1) is 15.2. The molecular formula is C18H18N2O3. The zero-order valence-corrected chi connectivity index (χ0v) is 13.5. The van der Waals surface area contributed by atoms with E-state index in [2.05, 4.69) is 11.1 Å². The molecule has 0 aliphatic heterocycles. The van der Waals surface area contributed by atoms with Crippen molar-refractivity contribution in [2.24, 2.45) is 0 Å². The topological polar surface area (TPSA) is 64.4 Å². The van der Waals surface area contributed by atoms with E-state index in [0.717, 1.165) is 35.1 Å². The Hall–Kier alpha value is -2.74. The van der Waals surface area contributed by atoms with E-state index < -0.39 is 0 Å². The van der Waals surface area contributed by atoms with Crippen LogP contribution in [0.2, 0.25) is 0 Å². The Morgan fingerprint density at radius 2 is 1.91 bits per heavy atom. The van der Waals surface area contributed by atoms with Gasteiger partial charge in [-0.15, -0.1) is 0 Å². The van der Waals surface area contributed by atoms with Gasteiger partial charge in [0, 0.05) is 18.2 Å². The van der Waals surface area contributed by atoms with Crippen LogP contribution in [0.3, 0.4) is 0 Å². The van der Waals surface area contributed by atoms with Crippen LogP contribution in [-0.2, 0) is 6.42 Å². The highest BCUT2D eigenvalue weighted by molar-refractivity contribution is 5.84. The van der Waals surface area contributed by atoms with Gasteiger partial charge in [0.2, 0.25) is 5.88 Å². The zero-order chi connectivity index (χ0) is 16.4. The summed E-state index contributed by atoms with van der Waals surface area (Å²) in [5, 5.41) is 9.61. The lowest BCUT2D eigenvalue weighted by Gasteiger charge is -2.12. The molecule has 0 amide bonds. The summed E-state index contributed by atoms with van der Waals surface area (Å²) in [4.78, 5) is 4.32. The van der Waals surface area contributed by atoms with Crippen LogP contribution in [-0.4, -0.2) is 25.8 Å². The molecule has 0 radical (unpaired) electrons. The molecule has 1 heterocycles. The largest absolute Gasteiger partial charge is 0.493 e. The second kappa shape index (κ2) is 6.17. The van der Waals surface area contributed by atoms with Gasteiger partial charge in [-0.3, -0.25) is 0 Å². The number of benzene rings is 1. The third-order valence-electron chi connectivity index (χ3n) is 3.94. The number of pyridine rings is 1. The second-order valence-electron chi connectivity index (χ2n) is 5.34. The Kier molecular flexibility index (Phi) is 4.07. The molecule has 0 atom stereocenters. The van der Waals surface area contributed by atoms with E-state index in [0.29, 0.717) is 29.5 Å². The van der Waals surface area contributed by atoms with Crippen molar-refractivity contribution in [2.45, 2.75) is 19.8 Å². The van der Waals surface area contributed by atoms with Crippen LogP contribution in [0.4, 0.5) is 0 Å². The number of methoxy groups -OCH3 is 2. The van der Waals surface area contributed by atoms with Crippen LogP contribution >= 0.6 is 0 Å². The summed E-state index contributed by atoms with van der Waals surface area (Å²) in [5.41, 5.74) is 4.49. The van der Waals surface area contributed by atoms with Crippen molar-refractivity contribution >= 4 is 0 Å². The first-order valence-corrected chi connectivity index (χ1v) is 7.53. The number of nitrogens with zero attached hydrogens (tertiary/aromatic N) is 2. The minimum Gasteiger partial charge on any atom is -0.493 e. The predicted octanol–water partition coefficient (Wildman–Crippen LogP) is 3.33. The summed E-state index contributed by atoms with van der Waals surface area (Å²) in [6.45, 7) is 2.56. The lowest BCUT2D eigenvalue weighted by Crippen LogP contribution is -2.01. The quantitative estimate of drug-likeness (QED) is 0.723. The number of rotatable bonds is 5. The molecule has 0 N–H and O–H groups in total. The van der Waals surface area contributed by atoms with E-state index in [1.165, 1.54) is 0 Å². The van der Waals surface area contributed by atoms with Crippen LogP contribution in [0.5, 0.6) is 17.4 Å². The molecule has 1 aromatic heterocycles. The number of aromatic nitrogens is 1. The predicted molar refractivity (Wildman–Crippen MR) is 86.1 cm³/mol. The van der Waals surface area contributed by atoms with Crippen LogP contribution in [0.25, 0.3) is 11.1 Å². The second-order valence-corrected chi connectivity index (χ2v) is 5.34. The molecule has 1 aliphatic carbocycles. The lowest BCUT2D eigenvalue weighted by atomic mass is 10.0. The molecule has 2 aromatic rings. The Balaban J connectivity index is 2.17. The molecule has 1 aliphatic rings. The summed E-state index contributed by atoms with van der Waals surface area (Å²) in [7, 11) is 3.22. The minimum absolute atomic E-state index is 0.399. The van der Waals surface area contributed by atoms with Crippen molar-refractivity contribution in [3.05, 3.63) is 35.0 Å². The number of nitriles is 1. The summed E-state index contributed by atoms with van der Waals surface area (Å²) < 4.78 is 16.4. The van der Waals surface area contributed by atoms with Gasteiger partial charge >= 0.3 is 0 Å². The fraction of sp³-hybridized carbons (Fsp3) is 0.333. The van der Waals surface area contributed by atoms with Crippen molar-refractivity contribution in [1.82, 2.24) is 4.98 Å². The average Bonchev–Trinajstić information content (AvgIpc) is 2.95. The Bertz CT molecular complexity index is 794. The van der Waals surface area contributed by atoms with Crippen molar-refractivity contribution < 1.29 is 14.2 Å². The molecule has 118 valence electrons. The van der Waals surface area contributed by atoms with E-state index in [9.17, 15) is 5.26 Å². The normalized spacial score (nSPS) is 11.4. The first-order valence-electron chi connectivity index (χ1n) is 7.53. The molecule has 0 bridgehead atoms. The van der Waals surface area contributed by atoms with E-state index in [4.69, 9.17) is 14.2 Å². The van der Waals surface area contributed by atoms with Gasteiger partial charge in [0.05, 0.1) is 20.8 Å². The third-order valence-corrected chi connectivity index (χ3v) is 3.94. The van der Waals surface area contributed by atoms with Crippen LogP contribution in [0.15, 0.2) is 18.3 Å². The van der Waals surface area contributed by atoms with Gasteiger partial charge in [-0.25, -0.2) is 4.98 Å². The van der Waals surface area contributed by atoms with Gasteiger partial charge in [-0.1, -0.05) is 6.92 Å². The van der Waals surface area contributed by atoms with Crippen molar-refractivity contribution in [1.29, 1.82) is 5.26 Å². The summed E-state index contributed by atoms with van der Waals surface area (Å²) in [6, 6.07) is 6.13. The van der Waals surface area contributed by atoms with Crippen molar-refractivity contribution in [3.8, 4) is 34.6 Å². The summed E-state index contributed by atoms with van der Waals surface area (Å²) in [5.74, 6) is 1.74. The van der Waals surface area contributed by atoms with Crippen LogP contribution in [0, 0.1) is 11.3 Å². The molecule has 1 aromatic carbocycles. The lowest BCUT2D eigenvalue weighted by molar-refractivity contribution is 0.304. The third kappa shape index (κ3) is 2.46. The maximum Gasteiger partial charge on any atom is 0.232 e. The molecule has 0 saturated heterocycles. The molecule has 0 fully saturated rings. The van der Waals surface area contributed by atoms with Gasteiger partial charge < -0.3 is 14.2 Å². The molecule has 0 unspecified atom stereocenters. The number of ether oxygens (including phenoxy) is 3. The Labute approximate surface area is 135 Å². The number of fused-ring (bicyclic) bond motifs is 3. The molecule has 0 spiro atoms. The van der Waals surface area contributed by atoms with Gasteiger partial charge in [-0.2, -0.15) is 5.26 Å². The molecule has 3 rings (SSSR count). The number of hydrogen-bond acceptors (Lipinski definition) is 5. The fourth-order valence-electron chi connectivity index (χ4n) is 2.89. The van der Waals surface area contributed by atoms with E-state index in [1.807, 2.05) is 19.1 Å². The fourth-order valence-corrected chi connectivity index (χ4v) is 2.89. The maximum atomic E-state index is 9.61. The van der Waals surface area contributed by atoms with Gasteiger partial charge in [-0.05, 0) is 35.2 Å². The molecular weight excluding hydrogens is 292 g/mol. The van der Waals surface area contributed by atoms with Crippen molar-refractivity contribution in [2.75, 3.05) is 20.8 Å². The monoisotopic (exact) mass is 310 g/mol. The highest BCUT2D eigenvalue weighted by atomic mass is 16.5. The van der Waals surface area contributed by atoms with Crippen LogP contribution < -0.4 is 14.2 Å². The molecule has 5 heteroatoms. The highest BCUT2D eigenvalue weighted by Gasteiger charge is 2.27. The van der Waals surface area contributed by atoms with Gasteiger partial charge in [0.15, 0.2) is 11.5 Å². The molecule has 23 heavy (non-hydrogen) atoms. The molecule has 0 saturated carbocycles. The standard InChI is InChI=1S/C18H18N2O3/c1-4-5-23-18-14(9-19)17-12(10-20-18)6-11-7-15(21-2)16(22-3)8-13(11)17/h7-8,10H,4-6H2,1-3H3. The number of hydrogen-bond donors (Lipinski definition) is 0. The summed E-state index contributed by atoms with van der Waals surface area (Å²) >= 11 is 0. The Morgan fingerprint density at radius 1 is 1.17 bits per heavy atom. The maximum absolute atomic E-state index is 9.61. The average molecular weight is 310 g/mol. The van der Waals surface area contributed by atoms with Gasteiger partial charge in [0.25, 0.3) is 0 Å².